The van der Waals surface area contributed by atoms with Crippen molar-refractivity contribution in [1.82, 2.24) is 9.78 Å². The Balaban J connectivity index is 1.56. The summed E-state index contributed by atoms with van der Waals surface area (Å²) >= 11 is 6.89. The molecule has 0 radical (unpaired) electrons. The highest BCUT2D eigenvalue weighted by Crippen LogP contribution is 2.38. The van der Waals surface area contributed by atoms with Gasteiger partial charge in [0.25, 0.3) is 5.91 Å². The van der Waals surface area contributed by atoms with Crippen molar-refractivity contribution in [1.29, 1.82) is 0 Å². The molecule has 0 unspecified atom stereocenters. The minimum atomic E-state index is -0.137. The third-order valence-electron chi connectivity index (χ3n) is 5.94. The molecule has 1 aliphatic heterocycles. The van der Waals surface area contributed by atoms with E-state index in [1.165, 1.54) is 11.8 Å². The van der Waals surface area contributed by atoms with E-state index in [0.29, 0.717) is 15.8 Å². The van der Waals surface area contributed by atoms with Crippen LogP contribution in [0.25, 0.3) is 23.0 Å². The quantitative estimate of drug-likeness (QED) is 0.147. The maximum absolute atomic E-state index is 13.4. The topological polar surface area (TPSA) is 47.4 Å². The number of hydrogen-bond donors (Lipinski definition) is 0. The second-order valence-corrected chi connectivity index (χ2v) is 10.3. The molecule has 184 valence electrons. The van der Waals surface area contributed by atoms with Crippen LogP contribution in [-0.4, -0.2) is 26.6 Å². The molecule has 4 aromatic rings. The number of aryl methyl sites for hydroxylation is 2. The first-order chi connectivity index (χ1) is 17.9. The molecule has 37 heavy (non-hydrogen) atoms. The van der Waals surface area contributed by atoms with Gasteiger partial charge in [0, 0.05) is 17.3 Å². The lowest BCUT2D eigenvalue weighted by Crippen LogP contribution is -2.27. The summed E-state index contributed by atoms with van der Waals surface area (Å²) < 4.78 is 8.10. The monoisotopic (exact) mass is 523 g/mol. The standard InChI is InChI=1S/C30H25N3O2S2/c1-4-16-35-26-15-12-22(17-21(26)3)28-23(19-32(31-28)24-8-6-5-7-9-24)18-27-29(34)33(30(36)37-27)25-13-10-20(2)11-14-25/h4-15,17-19H,1,16H2,2-3H3/b27-18-. The summed E-state index contributed by atoms with van der Waals surface area (Å²) in [5, 5.41) is 4.90. The fraction of sp³-hybridized carbons (Fsp3) is 0.100. The first-order valence-electron chi connectivity index (χ1n) is 11.8. The Morgan fingerprint density at radius 2 is 1.78 bits per heavy atom. The van der Waals surface area contributed by atoms with E-state index in [2.05, 4.69) is 6.58 Å². The number of amides is 1. The normalized spacial score (nSPS) is 14.4. The minimum absolute atomic E-state index is 0.137. The molecule has 5 rings (SSSR count). The SMILES string of the molecule is C=CCOc1ccc(-c2nn(-c3ccccc3)cc2/C=C2\SC(=S)N(c3ccc(C)cc3)C2=O)cc1C. The molecule has 1 fully saturated rings. The number of nitrogens with zero attached hydrogens (tertiary/aromatic N) is 3. The zero-order chi connectivity index (χ0) is 25.9. The summed E-state index contributed by atoms with van der Waals surface area (Å²) in [5.74, 6) is 0.660. The van der Waals surface area contributed by atoms with Gasteiger partial charge in [-0.25, -0.2) is 4.68 Å². The second kappa shape index (κ2) is 10.6. The molecule has 5 nitrogen and oxygen atoms in total. The average molecular weight is 524 g/mol. The lowest BCUT2D eigenvalue weighted by molar-refractivity contribution is -0.113. The molecule has 1 amide bonds. The van der Waals surface area contributed by atoms with Gasteiger partial charge in [-0.15, -0.1) is 0 Å². The van der Waals surface area contributed by atoms with E-state index >= 15 is 0 Å². The van der Waals surface area contributed by atoms with Gasteiger partial charge in [0.1, 0.15) is 18.1 Å². The van der Waals surface area contributed by atoms with Crippen LogP contribution in [0.5, 0.6) is 5.75 Å². The summed E-state index contributed by atoms with van der Waals surface area (Å²) in [6.07, 6.45) is 5.55. The molecule has 0 N–H and O–H groups in total. The van der Waals surface area contributed by atoms with Crippen LogP contribution >= 0.6 is 24.0 Å². The van der Waals surface area contributed by atoms with Crippen LogP contribution in [0.2, 0.25) is 0 Å². The molecule has 2 heterocycles. The van der Waals surface area contributed by atoms with Gasteiger partial charge in [-0.1, -0.05) is 72.5 Å². The van der Waals surface area contributed by atoms with E-state index in [9.17, 15) is 4.79 Å². The number of hydrogen-bond acceptors (Lipinski definition) is 5. The molecule has 0 bridgehead atoms. The Bertz CT molecular complexity index is 1520. The van der Waals surface area contributed by atoms with E-state index in [1.54, 1.807) is 11.0 Å². The number of benzene rings is 3. The smallest absolute Gasteiger partial charge is 0.270 e. The second-order valence-electron chi connectivity index (χ2n) is 8.65. The number of thioether (sulfide) groups is 1. The largest absolute Gasteiger partial charge is 0.489 e. The molecule has 0 aliphatic carbocycles. The molecule has 0 spiro atoms. The van der Waals surface area contributed by atoms with Gasteiger partial charge in [0.05, 0.1) is 16.3 Å². The van der Waals surface area contributed by atoms with Crippen molar-refractivity contribution >= 4 is 46.0 Å². The maximum atomic E-state index is 13.4. The fourth-order valence-corrected chi connectivity index (χ4v) is 5.35. The van der Waals surface area contributed by atoms with E-state index < -0.39 is 0 Å². The molecule has 0 atom stereocenters. The molecular weight excluding hydrogens is 498 g/mol. The first kappa shape index (κ1) is 24.7. The number of carbonyl (C=O) groups is 1. The minimum Gasteiger partial charge on any atom is -0.489 e. The van der Waals surface area contributed by atoms with E-state index in [-0.39, 0.29) is 5.91 Å². The van der Waals surface area contributed by atoms with Crippen molar-refractivity contribution in [3.63, 3.8) is 0 Å². The molecule has 1 aromatic heterocycles. The van der Waals surface area contributed by atoms with Gasteiger partial charge < -0.3 is 4.74 Å². The first-order valence-corrected chi connectivity index (χ1v) is 13.0. The van der Waals surface area contributed by atoms with Crippen LogP contribution in [0.3, 0.4) is 0 Å². The highest BCUT2D eigenvalue weighted by Gasteiger charge is 2.33. The van der Waals surface area contributed by atoms with Gasteiger partial charge in [-0.2, -0.15) is 5.10 Å². The van der Waals surface area contributed by atoms with Crippen molar-refractivity contribution in [2.75, 3.05) is 11.5 Å². The number of para-hydroxylation sites is 1. The predicted octanol–water partition coefficient (Wildman–Crippen LogP) is 7.13. The number of rotatable bonds is 7. The maximum Gasteiger partial charge on any atom is 0.270 e. The zero-order valence-corrected chi connectivity index (χ0v) is 22.2. The molecule has 0 saturated carbocycles. The van der Waals surface area contributed by atoms with Crippen LogP contribution in [-0.2, 0) is 4.79 Å². The van der Waals surface area contributed by atoms with Crippen molar-refractivity contribution in [3.8, 4) is 22.7 Å². The number of carbonyl (C=O) groups excluding carboxylic acids is 1. The summed E-state index contributed by atoms with van der Waals surface area (Å²) in [6, 6.07) is 23.7. The number of anilines is 1. The van der Waals surface area contributed by atoms with Crippen molar-refractivity contribution in [2.24, 2.45) is 0 Å². The van der Waals surface area contributed by atoms with Gasteiger partial charge in [-0.3, -0.25) is 9.69 Å². The molecule has 1 aliphatic rings. The van der Waals surface area contributed by atoms with E-state index in [1.807, 2.05) is 104 Å². The highest BCUT2D eigenvalue weighted by molar-refractivity contribution is 8.27. The van der Waals surface area contributed by atoms with Crippen LogP contribution < -0.4 is 9.64 Å². The summed E-state index contributed by atoms with van der Waals surface area (Å²) in [4.78, 5) is 15.6. The Kier molecular flexibility index (Phi) is 7.08. The van der Waals surface area contributed by atoms with E-state index in [0.717, 1.165) is 45.1 Å². The van der Waals surface area contributed by atoms with Crippen LogP contribution in [0.1, 0.15) is 16.7 Å². The molecule has 3 aromatic carbocycles. The fourth-order valence-electron chi connectivity index (χ4n) is 4.06. The Morgan fingerprint density at radius 1 is 1.03 bits per heavy atom. The Hall–Kier alpha value is -3.94. The predicted molar refractivity (Wildman–Crippen MR) is 156 cm³/mol. The lowest BCUT2D eigenvalue weighted by atomic mass is 10.0. The van der Waals surface area contributed by atoms with Crippen LogP contribution in [0, 0.1) is 13.8 Å². The number of thiocarbonyl (C=S) groups is 1. The lowest BCUT2D eigenvalue weighted by Gasteiger charge is -2.14. The van der Waals surface area contributed by atoms with Crippen molar-refractivity contribution in [3.05, 3.63) is 113 Å². The van der Waals surface area contributed by atoms with Gasteiger partial charge in [-0.05, 0) is 68.0 Å². The number of ether oxygens (including phenoxy) is 1. The Labute approximate surface area is 226 Å². The zero-order valence-electron chi connectivity index (χ0n) is 20.5. The van der Waals surface area contributed by atoms with Crippen molar-refractivity contribution in [2.45, 2.75) is 13.8 Å². The van der Waals surface area contributed by atoms with Gasteiger partial charge >= 0.3 is 0 Å². The van der Waals surface area contributed by atoms with Crippen molar-refractivity contribution < 1.29 is 9.53 Å². The van der Waals surface area contributed by atoms with E-state index in [4.69, 9.17) is 22.1 Å². The third-order valence-corrected chi connectivity index (χ3v) is 7.24. The summed E-state index contributed by atoms with van der Waals surface area (Å²) in [6.45, 7) is 8.17. The van der Waals surface area contributed by atoms with Crippen LogP contribution in [0.4, 0.5) is 5.69 Å². The molecular formula is C30H25N3O2S2. The van der Waals surface area contributed by atoms with Crippen LogP contribution in [0.15, 0.2) is 96.6 Å². The van der Waals surface area contributed by atoms with Gasteiger partial charge in [0.15, 0.2) is 4.32 Å². The van der Waals surface area contributed by atoms with Gasteiger partial charge in [0.2, 0.25) is 0 Å². The average Bonchev–Trinajstić information content (AvgIpc) is 3.45. The molecule has 1 saturated heterocycles. The Morgan fingerprint density at radius 3 is 2.49 bits per heavy atom. The summed E-state index contributed by atoms with van der Waals surface area (Å²) in [5.41, 5.74) is 6.33. The third kappa shape index (κ3) is 5.14. The molecule has 7 heteroatoms. The summed E-state index contributed by atoms with van der Waals surface area (Å²) in [7, 11) is 0. The highest BCUT2D eigenvalue weighted by atomic mass is 32.2. The number of aromatic nitrogens is 2.